The van der Waals surface area contributed by atoms with E-state index < -0.39 is 6.10 Å². The van der Waals surface area contributed by atoms with E-state index in [4.69, 9.17) is 27.9 Å². The molecular formula is C15H14Cl2O2. The molecule has 0 radical (unpaired) electrons. The van der Waals surface area contributed by atoms with Gasteiger partial charge in [0, 0.05) is 15.6 Å². The van der Waals surface area contributed by atoms with Gasteiger partial charge in [0.25, 0.3) is 0 Å². The van der Waals surface area contributed by atoms with Crippen LogP contribution in [0, 0.1) is 0 Å². The number of benzene rings is 2. The lowest BCUT2D eigenvalue weighted by Crippen LogP contribution is -1.97. The average Bonchev–Trinajstić information content (AvgIpc) is 2.38. The Balaban J connectivity index is 2.02. The zero-order valence-corrected chi connectivity index (χ0v) is 11.9. The molecule has 2 aromatic carbocycles. The maximum atomic E-state index is 9.41. The van der Waals surface area contributed by atoms with Gasteiger partial charge in [-0.15, -0.1) is 0 Å². The Bertz CT molecular complexity index is 551. The molecule has 0 spiro atoms. The van der Waals surface area contributed by atoms with E-state index >= 15 is 0 Å². The maximum absolute atomic E-state index is 9.41. The van der Waals surface area contributed by atoms with Gasteiger partial charge in [-0.1, -0.05) is 41.4 Å². The molecule has 0 bridgehead atoms. The molecule has 0 saturated carbocycles. The number of aliphatic hydroxyl groups excluding tert-OH is 1. The molecule has 0 aromatic heterocycles. The van der Waals surface area contributed by atoms with Crippen molar-refractivity contribution in [3.63, 3.8) is 0 Å². The van der Waals surface area contributed by atoms with Crippen LogP contribution in [-0.4, -0.2) is 5.11 Å². The smallest absolute Gasteiger partial charge is 0.119 e. The molecule has 0 saturated heterocycles. The predicted octanol–water partition coefficient (Wildman–Crippen LogP) is 4.63. The first-order valence-corrected chi connectivity index (χ1v) is 6.66. The largest absolute Gasteiger partial charge is 0.489 e. The zero-order chi connectivity index (χ0) is 13.8. The normalized spacial score (nSPS) is 12.2. The summed E-state index contributed by atoms with van der Waals surface area (Å²) < 4.78 is 5.64. The highest BCUT2D eigenvalue weighted by Gasteiger charge is 2.04. The highest BCUT2D eigenvalue weighted by molar-refractivity contribution is 6.35. The summed E-state index contributed by atoms with van der Waals surface area (Å²) in [6, 6.07) is 12.6. The van der Waals surface area contributed by atoms with Gasteiger partial charge in [0.2, 0.25) is 0 Å². The molecule has 0 amide bonds. The van der Waals surface area contributed by atoms with Gasteiger partial charge in [-0.3, -0.25) is 0 Å². The Morgan fingerprint density at radius 2 is 1.79 bits per heavy atom. The summed E-state index contributed by atoms with van der Waals surface area (Å²) >= 11 is 11.9. The molecule has 2 rings (SSSR count). The van der Waals surface area contributed by atoms with Crippen molar-refractivity contribution >= 4 is 23.2 Å². The molecule has 2 nitrogen and oxygen atoms in total. The second kappa shape index (κ2) is 6.29. The summed E-state index contributed by atoms with van der Waals surface area (Å²) in [6.45, 7) is 2.10. The van der Waals surface area contributed by atoms with Gasteiger partial charge in [0.15, 0.2) is 0 Å². The van der Waals surface area contributed by atoms with Crippen molar-refractivity contribution in [1.82, 2.24) is 0 Å². The van der Waals surface area contributed by atoms with Crippen molar-refractivity contribution in [3.8, 4) is 5.75 Å². The molecular weight excluding hydrogens is 283 g/mol. The van der Waals surface area contributed by atoms with E-state index in [1.165, 1.54) is 0 Å². The van der Waals surface area contributed by atoms with Gasteiger partial charge in [0.05, 0.1) is 6.10 Å². The average molecular weight is 297 g/mol. The second-order valence-corrected chi connectivity index (χ2v) is 5.11. The first-order valence-electron chi connectivity index (χ1n) is 5.91. The molecule has 2 aromatic rings. The van der Waals surface area contributed by atoms with Crippen molar-refractivity contribution < 1.29 is 9.84 Å². The minimum absolute atomic E-state index is 0.379. The Kier molecular flexibility index (Phi) is 4.70. The molecule has 19 heavy (non-hydrogen) atoms. The fourth-order valence-electron chi connectivity index (χ4n) is 1.64. The summed E-state index contributed by atoms with van der Waals surface area (Å²) in [7, 11) is 0. The van der Waals surface area contributed by atoms with Crippen molar-refractivity contribution in [2.75, 3.05) is 0 Å². The number of aliphatic hydroxyl groups is 1. The fourth-order valence-corrected chi connectivity index (χ4v) is 2.11. The van der Waals surface area contributed by atoms with E-state index in [0.717, 1.165) is 16.9 Å². The second-order valence-electron chi connectivity index (χ2n) is 4.27. The third-order valence-electron chi connectivity index (χ3n) is 2.77. The molecule has 0 aliphatic rings. The molecule has 0 aliphatic heterocycles. The van der Waals surface area contributed by atoms with Crippen molar-refractivity contribution in [1.29, 1.82) is 0 Å². The number of halogens is 2. The van der Waals surface area contributed by atoms with Crippen molar-refractivity contribution in [2.24, 2.45) is 0 Å². The molecule has 4 heteroatoms. The van der Waals surface area contributed by atoms with E-state index in [-0.39, 0.29) is 0 Å². The lowest BCUT2D eigenvalue weighted by molar-refractivity contribution is 0.199. The standard InChI is InChI=1S/C15H14Cl2O2/c1-10(18)11-3-6-14(7-4-11)19-9-12-2-5-13(16)8-15(12)17/h2-8,10,18H,9H2,1H3/t10-/m0/s1. The zero-order valence-electron chi connectivity index (χ0n) is 10.4. The minimum Gasteiger partial charge on any atom is -0.489 e. The van der Waals surface area contributed by atoms with Crippen molar-refractivity contribution in [2.45, 2.75) is 19.6 Å². The van der Waals surface area contributed by atoms with Gasteiger partial charge < -0.3 is 9.84 Å². The lowest BCUT2D eigenvalue weighted by Gasteiger charge is -2.09. The topological polar surface area (TPSA) is 29.5 Å². The highest BCUT2D eigenvalue weighted by Crippen LogP contribution is 2.23. The van der Waals surface area contributed by atoms with Gasteiger partial charge in [-0.25, -0.2) is 0 Å². The van der Waals surface area contributed by atoms with Gasteiger partial charge in [-0.2, -0.15) is 0 Å². The molecule has 1 N–H and O–H groups in total. The maximum Gasteiger partial charge on any atom is 0.119 e. The van der Waals surface area contributed by atoms with Crippen LogP contribution in [0.2, 0.25) is 10.0 Å². The van der Waals surface area contributed by atoms with Crippen LogP contribution < -0.4 is 4.74 Å². The van der Waals surface area contributed by atoms with Crippen molar-refractivity contribution in [3.05, 3.63) is 63.6 Å². The number of hydrogen-bond donors (Lipinski definition) is 1. The van der Waals surface area contributed by atoms with Gasteiger partial charge in [-0.05, 0) is 36.8 Å². The molecule has 1 atom stereocenters. The Morgan fingerprint density at radius 3 is 2.37 bits per heavy atom. The SMILES string of the molecule is C[C@H](O)c1ccc(OCc2ccc(Cl)cc2Cl)cc1. The van der Waals surface area contributed by atoms with E-state index in [1.807, 2.05) is 30.3 Å². The summed E-state index contributed by atoms with van der Waals surface area (Å²) in [6.07, 6.45) is -0.472. The van der Waals surface area contributed by atoms with E-state index in [0.29, 0.717) is 16.7 Å². The number of rotatable bonds is 4. The monoisotopic (exact) mass is 296 g/mol. The Hall–Kier alpha value is -1.22. The summed E-state index contributed by atoms with van der Waals surface area (Å²) in [5, 5.41) is 10.6. The van der Waals surface area contributed by atoms with Crippen LogP contribution in [0.4, 0.5) is 0 Å². The number of ether oxygens (including phenoxy) is 1. The minimum atomic E-state index is -0.472. The highest BCUT2D eigenvalue weighted by atomic mass is 35.5. The van der Waals surface area contributed by atoms with Crippen LogP contribution in [-0.2, 0) is 6.61 Å². The summed E-state index contributed by atoms with van der Waals surface area (Å²) in [4.78, 5) is 0. The van der Waals surface area contributed by atoms with Crippen LogP contribution in [0.3, 0.4) is 0 Å². The molecule has 0 fully saturated rings. The molecule has 0 unspecified atom stereocenters. The summed E-state index contributed by atoms with van der Waals surface area (Å²) in [5.74, 6) is 0.732. The number of hydrogen-bond acceptors (Lipinski definition) is 2. The summed E-state index contributed by atoms with van der Waals surface area (Å²) in [5.41, 5.74) is 1.74. The molecule has 0 heterocycles. The third kappa shape index (κ3) is 3.87. The van der Waals surface area contributed by atoms with Crippen LogP contribution in [0.5, 0.6) is 5.75 Å². The van der Waals surface area contributed by atoms with E-state index in [1.54, 1.807) is 19.1 Å². The molecule has 0 aliphatic carbocycles. The van der Waals surface area contributed by atoms with Crippen LogP contribution >= 0.6 is 23.2 Å². The first-order chi connectivity index (χ1) is 9.06. The van der Waals surface area contributed by atoms with Gasteiger partial charge in [0.1, 0.15) is 12.4 Å². The lowest BCUT2D eigenvalue weighted by atomic mass is 10.1. The predicted molar refractivity (Wildman–Crippen MR) is 77.9 cm³/mol. The van der Waals surface area contributed by atoms with Crippen LogP contribution in [0.25, 0.3) is 0 Å². The third-order valence-corrected chi connectivity index (χ3v) is 3.36. The van der Waals surface area contributed by atoms with Crippen LogP contribution in [0.1, 0.15) is 24.2 Å². The van der Waals surface area contributed by atoms with Crippen LogP contribution in [0.15, 0.2) is 42.5 Å². The quantitative estimate of drug-likeness (QED) is 0.891. The van der Waals surface area contributed by atoms with Gasteiger partial charge >= 0.3 is 0 Å². The first kappa shape index (κ1) is 14.2. The Morgan fingerprint density at radius 1 is 1.11 bits per heavy atom. The van der Waals surface area contributed by atoms with E-state index in [9.17, 15) is 5.11 Å². The Labute approximate surface area is 122 Å². The fraction of sp³-hybridized carbons (Fsp3) is 0.200. The molecule has 100 valence electrons. The van der Waals surface area contributed by atoms with E-state index in [2.05, 4.69) is 0 Å².